The number of H-pyrrole nitrogens is 1. The van der Waals surface area contributed by atoms with Gasteiger partial charge in [-0.25, -0.2) is 9.97 Å². The predicted molar refractivity (Wildman–Crippen MR) is 121 cm³/mol. The van der Waals surface area contributed by atoms with E-state index in [-0.39, 0.29) is 5.78 Å². The number of rotatable bonds is 5. The molecule has 3 aromatic heterocycles. The number of aryl methyl sites for hydroxylation is 1. The van der Waals surface area contributed by atoms with E-state index in [0.717, 1.165) is 33.3 Å². The van der Waals surface area contributed by atoms with E-state index in [1.54, 1.807) is 19.3 Å². The summed E-state index contributed by atoms with van der Waals surface area (Å²) in [7, 11) is 1.90. The average molecular weight is 408 g/mol. The molecule has 0 fully saturated rings. The lowest BCUT2D eigenvalue weighted by molar-refractivity contribution is 0.101. The molecule has 31 heavy (non-hydrogen) atoms. The Hall–Kier alpha value is -4.26. The first-order chi connectivity index (χ1) is 15.1. The molecule has 0 radical (unpaired) electrons. The number of aromatic nitrogens is 5. The van der Waals surface area contributed by atoms with Gasteiger partial charge < -0.3 is 9.88 Å². The van der Waals surface area contributed by atoms with Crippen molar-refractivity contribution >= 4 is 28.2 Å². The van der Waals surface area contributed by atoms with E-state index in [1.807, 2.05) is 72.4 Å². The van der Waals surface area contributed by atoms with Gasteiger partial charge in [0.2, 0.25) is 0 Å². The number of carbonyl (C=O) groups excluding carboxylic acids is 1. The third-order valence-corrected chi connectivity index (χ3v) is 5.31. The molecule has 7 heteroatoms. The number of carbonyl (C=O) groups is 1. The molecule has 0 aliphatic heterocycles. The molecule has 5 aromatic rings. The van der Waals surface area contributed by atoms with Crippen molar-refractivity contribution in [2.24, 2.45) is 7.05 Å². The maximum atomic E-state index is 11.8. The van der Waals surface area contributed by atoms with Gasteiger partial charge in [-0.15, -0.1) is 0 Å². The summed E-state index contributed by atoms with van der Waals surface area (Å²) >= 11 is 0. The van der Waals surface area contributed by atoms with Crippen LogP contribution in [0.5, 0.6) is 0 Å². The van der Waals surface area contributed by atoms with Crippen molar-refractivity contribution in [1.82, 2.24) is 24.7 Å². The number of aromatic amines is 1. The fourth-order valence-corrected chi connectivity index (χ4v) is 3.68. The maximum Gasteiger partial charge on any atom is 0.176 e. The number of nitrogens with one attached hydrogen (secondary N) is 2. The van der Waals surface area contributed by atoms with E-state index in [0.29, 0.717) is 17.3 Å². The minimum absolute atomic E-state index is 0.0430. The number of fused-ring (bicyclic) bond motifs is 1. The molecule has 2 N–H and O–H groups in total. The summed E-state index contributed by atoms with van der Waals surface area (Å²) in [6.07, 6.45) is 5.39. The zero-order valence-electron chi connectivity index (χ0n) is 17.1. The molecule has 7 nitrogen and oxygen atoms in total. The SMILES string of the molecule is CC(=O)c1cc2ccc(-c3nccc(Nc4ccc(-c5cn[nH]c5)cc4)n3)cc2n1C. The molecule has 3 heterocycles. The minimum Gasteiger partial charge on any atom is -0.341 e. The lowest BCUT2D eigenvalue weighted by Crippen LogP contribution is -2.01. The van der Waals surface area contributed by atoms with Crippen molar-refractivity contribution in [3.05, 3.63) is 78.9 Å². The van der Waals surface area contributed by atoms with Gasteiger partial charge in [0.05, 0.1) is 11.9 Å². The maximum absolute atomic E-state index is 11.8. The Bertz CT molecular complexity index is 1380. The highest BCUT2D eigenvalue weighted by atomic mass is 16.1. The normalized spacial score (nSPS) is 11.0. The Balaban J connectivity index is 1.42. The van der Waals surface area contributed by atoms with E-state index < -0.39 is 0 Å². The highest BCUT2D eigenvalue weighted by Crippen LogP contribution is 2.26. The number of benzene rings is 2. The van der Waals surface area contributed by atoms with Crippen LogP contribution in [0.4, 0.5) is 11.5 Å². The third kappa shape index (κ3) is 3.57. The van der Waals surface area contributed by atoms with Crippen LogP contribution in [0, 0.1) is 0 Å². The van der Waals surface area contributed by atoms with E-state index >= 15 is 0 Å². The molecule has 2 aromatic carbocycles. The summed E-state index contributed by atoms with van der Waals surface area (Å²) in [5, 5.41) is 11.2. The van der Waals surface area contributed by atoms with Gasteiger partial charge in [-0.1, -0.05) is 24.3 Å². The first kappa shape index (κ1) is 18.7. The van der Waals surface area contributed by atoms with Gasteiger partial charge in [-0.3, -0.25) is 9.89 Å². The Morgan fingerprint density at radius 2 is 1.81 bits per heavy atom. The van der Waals surface area contributed by atoms with E-state index in [2.05, 4.69) is 25.5 Å². The lowest BCUT2D eigenvalue weighted by atomic mass is 10.1. The molecule has 0 bridgehead atoms. The number of ketones is 1. The quantitative estimate of drug-likeness (QED) is 0.401. The summed E-state index contributed by atoms with van der Waals surface area (Å²) in [5.41, 5.74) is 5.61. The minimum atomic E-state index is 0.0430. The molecular weight excluding hydrogens is 388 g/mol. The zero-order valence-corrected chi connectivity index (χ0v) is 17.1. The number of nitrogens with zero attached hydrogens (tertiary/aromatic N) is 4. The second kappa shape index (κ2) is 7.53. The van der Waals surface area contributed by atoms with Crippen LogP contribution in [0.15, 0.2) is 73.2 Å². The Morgan fingerprint density at radius 3 is 2.55 bits per heavy atom. The highest BCUT2D eigenvalue weighted by molar-refractivity contribution is 5.99. The second-order valence-electron chi connectivity index (χ2n) is 7.37. The van der Waals surface area contributed by atoms with E-state index in [9.17, 15) is 4.79 Å². The smallest absolute Gasteiger partial charge is 0.176 e. The molecule has 0 atom stereocenters. The van der Waals surface area contributed by atoms with Crippen LogP contribution in [0.3, 0.4) is 0 Å². The number of anilines is 2. The summed E-state index contributed by atoms with van der Waals surface area (Å²) in [6, 6.07) is 17.8. The molecule has 152 valence electrons. The van der Waals surface area contributed by atoms with Crippen molar-refractivity contribution in [2.75, 3.05) is 5.32 Å². The van der Waals surface area contributed by atoms with Crippen molar-refractivity contribution in [1.29, 1.82) is 0 Å². The highest BCUT2D eigenvalue weighted by Gasteiger charge is 2.12. The molecule has 0 spiro atoms. The number of hydrogen-bond acceptors (Lipinski definition) is 5. The number of Topliss-reactive ketones (excluding diaryl/α,β-unsaturated/α-hetero) is 1. The molecule has 5 rings (SSSR count). The topological polar surface area (TPSA) is 88.5 Å². The first-order valence-corrected chi connectivity index (χ1v) is 9.88. The molecule has 0 aliphatic carbocycles. The zero-order chi connectivity index (χ0) is 21.4. The number of hydrogen-bond donors (Lipinski definition) is 2. The fourth-order valence-electron chi connectivity index (χ4n) is 3.68. The van der Waals surface area contributed by atoms with Crippen molar-refractivity contribution in [2.45, 2.75) is 6.92 Å². The van der Waals surface area contributed by atoms with Crippen LogP contribution in [-0.2, 0) is 7.05 Å². The van der Waals surface area contributed by atoms with Crippen LogP contribution in [0.2, 0.25) is 0 Å². The van der Waals surface area contributed by atoms with Crippen LogP contribution in [0.1, 0.15) is 17.4 Å². The average Bonchev–Trinajstić information content (AvgIpc) is 3.43. The second-order valence-corrected chi connectivity index (χ2v) is 7.37. The van der Waals surface area contributed by atoms with E-state index in [4.69, 9.17) is 0 Å². The van der Waals surface area contributed by atoms with Crippen molar-refractivity contribution in [3.8, 4) is 22.5 Å². The van der Waals surface area contributed by atoms with Crippen molar-refractivity contribution in [3.63, 3.8) is 0 Å². The lowest BCUT2D eigenvalue weighted by Gasteiger charge is -2.08. The van der Waals surface area contributed by atoms with Gasteiger partial charge in [0.1, 0.15) is 5.82 Å². The van der Waals surface area contributed by atoms with Crippen LogP contribution >= 0.6 is 0 Å². The fraction of sp³-hybridized carbons (Fsp3) is 0.0833. The first-order valence-electron chi connectivity index (χ1n) is 9.88. The van der Waals surface area contributed by atoms with Crippen LogP contribution < -0.4 is 5.32 Å². The largest absolute Gasteiger partial charge is 0.341 e. The standard InChI is InChI=1S/C24H20N6O/c1-15(31)21-11-17-3-4-18(12-22(17)30(21)2)24-25-10-9-23(29-24)28-20-7-5-16(6-8-20)19-13-26-27-14-19/h3-14H,1-2H3,(H,26,27)(H,25,28,29). The summed E-state index contributed by atoms with van der Waals surface area (Å²) in [5.74, 6) is 1.37. The summed E-state index contributed by atoms with van der Waals surface area (Å²) in [4.78, 5) is 21.0. The van der Waals surface area contributed by atoms with Gasteiger partial charge in [0.25, 0.3) is 0 Å². The summed E-state index contributed by atoms with van der Waals surface area (Å²) < 4.78 is 1.91. The third-order valence-electron chi connectivity index (χ3n) is 5.31. The Kier molecular flexibility index (Phi) is 4.55. The van der Waals surface area contributed by atoms with Crippen LogP contribution in [0.25, 0.3) is 33.4 Å². The Labute approximate surface area is 178 Å². The van der Waals surface area contributed by atoms with Gasteiger partial charge in [0.15, 0.2) is 11.6 Å². The van der Waals surface area contributed by atoms with Gasteiger partial charge in [-0.05, 0) is 35.9 Å². The van der Waals surface area contributed by atoms with E-state index in [1.165, 1.54) is 0 Å². The molecule has 0 saturated heterocycles. The molecule has 0 aliphatic rings. The monoisotopic (exact) mass is 408 g/mol. The van der Waals surface area contributed by atoms with Gasteiger partial charge >= 0.3 is 0 Å². The van der Waals surface area contributed by atoms with Crippen molar-refractivity contribution < 1.29 is 4.79 Å². The van der Waals surface area contributed by atoms with Gasteiger partial charge in [-0.2, -0.15) is 5.10 Å². The Morgan fingerprint density at radius 1 is 1.00 bits per heavy atom. The summed E-state index contributed by atoms with van der Waals surface area (Å²) in [6.45, 7) is 1.58. The molecule has 0 amide bonds. The molecular formula is C24H20N6O. The molecule has 0 saturated carbocycles. The molecule has 0 unspecified atom stereocenters. The van der Waals surface area contributed by atoms with Crippen LogP contribution in [-0.4, -0.2) is 30.5 Å². The predicted octanol–water partition coefficient (Wildman–Crippen LogP) is 4.97. The van der Waals surface area contributed by atoms with Gasteiger partial charge in [0, 0.05) is 54.1 Å².